The largest absolute Gasteiger partial charge is 0.285 e. The molecule has 1 aromatic rings. The van der Waals surface area contributed by atoms with Gasteiger partial charge in [0.25, 0.3) is 11.5 Å². The lowest BCUT2D eigenvalue weighted by Gasteiger charge is -2.26. The Balaban J connectivity index is 1.96. The van der Waals surface area contributed by atoms with Crippen LogP contribution in [0, 0.1) is 0 Å². The maximum Gasteiger partial charge on any atom is 0.285 e. The van der Waals surface area contributed by atoms with Gasteiger partial charge in [-0.1, -0.05) is 6.42 Å². The van der Waals surface area contributed by atoms with E-state index in [1.165, 1.54) is 18.6 Å². The van der Waals surface area contributed by atoms with E-state index >= 15 is 0 Å². The molecule has 6 heteroatoms. The lowest BCUT2D eigenvalue weighted by Crippen LogP contribution is -2.45. The van der Waals surface area contributed by atoms with Gasteiger partial charge >= 0.3 is 0 Å². The van der Waals surface area contributed by atoms with Crippen LogP contribution in [0.25, 0.3) is 0 Å². The predicted molar refractivity (Wildman–Crippen MR) is 57.7 cm³/mol. The minimum atomic E-state index is -0.311. The molecule has 1 amide bonds. The molecule has 6 nitrogen and oxygen atoms in total. The fourth-order valence-electron chi connectivity index (χ4n) is 1.68. The number of H-pyrrole nitrogens is 1. The first-order chi connectivity index (χ1) is 7.75. The van der Waals surface area contributed by atoms with Crippen molar-refractivity contribution in [3.8, 4) is 0 Å². The van der Waals surface area contributed by atoms with Gasteiger partial charge in [-0.15, -0.1) is 0 Å². The third-order valence-corrected chi connectivity index (χ3v) is 2.53. The van der Waals surface area contributed by atoms with E-state index in [-0.39, 0.29) is 17.2 Å². The summed E-state index contributed by atoms with van der Waals surface area (Å²) in [7, 11) is 0. The number of hydrogen-bond donors (Lipinski definition) is 2. The molecule has 0 unspecified atom stereocenters. The highest BCUT2D eigenvalue weighted by Gasteiger charge is 2.14. The molecule has 0 atom stereocenters. The number of amides is 1. The van der Waals surface area contributed by atoms with Crippen LogP contribution in [0.3, 0.4) is 0 Å². The molecule has 0 aromatic carbocycles. The number of nitrogens with one attached hydrogen (secondary N) is 2. The smallest absolute Gasteiger partial charge is 0.283 e. The molecule has 1 aliphatic rings. The van der Waals surface area contributed by atoms with E-state index in [1.807, 2.05) is 5.01 Å². The number of hydrazine groups is 1. The molecule has 0 radical (unpaired) electrons. The zero-order valence-corrected chi connectivity index (χ0v) is 8.90. The zero-order valence-electron chi connectivity index (χ0n) is 8.90. The summed E-state index contributed by atoms with van der Waals surface area (Å²) in [6.45, 7) is 1.74. The van der Waals surface area contributed by atoms with Gasteiger partial charge in [0.15, 0.2) is 0 Å². The van der Waals surface area contributed by atoms with E-state index in [0.717, 1.165) is 25.9 Å². The summed E-state index contributed by atoms with van der Waals surface area (Å²) in [5.74, 6) is -0.279. The molecular weight excluding hydrogens is 208 g/mol. The Bertz CT molecular complexity index is 403. The number of rotatable bonds is 2. The van der Waals surface area contributed by atoms with Crippen molar-refractivity contribution >= 4 is 5.91 Å². The number of piperidine rings is 1. The monoisotopic (exact) mass is 222 g/mol. The summed E-state index contributed by atoms with van der Waals surface area (Å²) < 4.78 is 0. The van der Waals surface area contributed by atoms with Crippen LogP contribution in [0.1, 0.15) is 29.8 Å². The second-order valence-electron chi connectivity index (χ2n) is 3.80. The maximum absolute atomic E-state index is 11.7. The first kappa shape index (κ1) is 10.8. The van der Waals surface area contributed by atoms with Crippen molar-refractivity contribution in [1.82, 2.24) is 20.6 Å². The number of hydrogen-bond acceptors (Lipinski definition) is 4. The first-order valence-electron chi connectivity index (χ1n) is 5.37. The van der Waals surface area contributed by atoms with Gasteiger partial charge in [0, 0.05) is 19.2 Å². The van der Waals surface area contributed by atoms with Crippen LogP contribution >= 0.6 is 0 Å². The Hall–Kier alpha value is -1.69. The summed E-state index contributed by atoms with van der Waals surface area (Å²) >= 11 is 0. The molecule has 0 spiro atoms. The Morgan fingerprint density at radius 2 is 2.06 bits per heavy atom. The van der Waals surface area contributed by atoms with Gasteiger partial charge < -0.3 is 0 Å². The Labute approximate surface area is 92.6 Å². The van der Waals surface area contributed by atoms with Crippen molar-refractivity contribution < 1.29 is 4.79 Å². The highest BCUT2D eigenvalue weighted by atomic mass is 16.2. The molecule has 0 bridgehead atoms. The minimum absolute atomic E-state index is 0.227. The number of carbonyl (C=O) groups is 1. The molecule has 0 aliphatic carbocycles. The maximum atomic E-state index is 11.7. The third kappa shape index (κ3) is 2.66. The quantitative estimate of drug-likeness (QED) is 0.732. The van der Waals surface area contributed by atoms with Crippen LogP contribution < -0.4 is 11.0 Å². The zero-order chi connectivity index (χ0) is 11.4. The number of aromatic amines is 1. The van der Waals surface area contributed by atoms with Gasteiger partial charge in [-0.2, -0.15) is 5.10 Å². The van der Waals surface area contributed by atoms with E-state index in [2.05, 4.69) is 15.6 Å². The summed E-state index contributed by atoms with van der Waals surface area (Å²) in [6.07, 6.45) is 3.40. The van der Waals surface area contributed by atoms with E-state index in [9.17, 15) is 9.59 Å². The van der Waals surface area contributed by atoms with Crippen molar-refractivity contribution in [2.75, 3.05) is 13.1 Å². The second kappa shape index (κ2) is 4.89. The average molecular weight is 222 g/mol. The fourth-order valence-corrected chi connectivity index (χ4v) is 1.68. The van der Waals surface area contributed by atoms with Gasteiger partial charge in [0.1, 0.15) is 5.69 Å². The molecule has 16 heavy (non-hydrogen) atoms. The van der Waals surface area contributed by atoms with Crippen LogP contribution in [-0.2, 0) is 0 Å². The number of carbonyl (C=O) groups excluding carboxylic acids is 1. The molecule has 0 saturated carbocycles. The Morgan fingerprint density at radius 1 is 1.31 bits per heavy atom. The molecule has 1 aliphatic heterocycles. The third-order valence-electron chi connectivity index (χ3n) is 2.53. The molecule has 1 aromatic heterocycles. The number of aromatic nitrogens is 2. The van der Waals surface area contributed by atoms with Crippen molar-refractivity contribution in [2.45, 2.75) is 19.3 Å². The molecular formula is C10H14N4O2. The fraction of sp³-hybridized carbons (Fsp3) is 0.500. The average Bonchev–Trinajstić information content (AvgIpc) is 2.31. The van der Waals surface area contributed by atoms with Gasteiger partial charge in [-0.25, -0.2) is 10.1 Å². The molecule has 2 heterocycles. The molecule has 2 N–H and O–H groups in total. The van der Waals surface area contributed by atoms with Crippen molar-refractivity contribution in [3.05, 3.63) is 28.2 Å². The molecule has 1 saturated heterocycles. The topological polar surface area (TPSA) is 78.1 Å². The summed E-state index contributed by atoms with van der Waals surface area (Å²) in [5.41, 5.74) is 2.68. The predicted octanol–water partition coefficient (Wildman–Crippen LogP) is -0.0994. The van der Waals surface area contributed by atoms with E-state index in [1.54, 1.807) is 0 Å². The standard InChI is InChI=1S/C10H14N4O2/c15-9-5-4-8(11-12-9)10(16)13-14-6-2-1-3-7-14/h4-5H,1-3,6-7H2,(H,12,15)(H,13,16). The minimum Gasteiger partial charge on any atom is -0.283 e. The van der Waals surface area contributed by atoms with Crippen molar-refractivity contribution in [1.29, 1.82) is 0 Å². The van der Waals surface area contributed by atoms with Gasteiger partial charge in [0.05, 0.1) is 0 Å². The van der Waals surface area contributed by atoms with Gasteiger partial charge in [-0.3, -0.25) is 15.0 Å². The van der Waals surface area contributed by atoms with Crippen LogP contribution in [0.15, 0.2) is 16.9 Å². The van der Waals surface area contributed by atoms with Crippen molar-refractivity contribution in [2.24, 2.45) is 0 Å². The summed E-state index contributed by atoms with van der Waals surface area (Å²) in [4.78, 5) is 22.5. The van der Waals surface area contributed by atoms with E-state index < -0.39 is 0 Å². The van der Waals surface area contributed by atoms with Crippen LogP contribution in [0.2, 0.25) is 0 Å². The second-order valence-corrected chi connectivity index (χ2v) is 3.80. The lowest BCUT2D eigenvalue weighted by molar-refractivity contribution is 0.0743. The normalized spacial score (nSPS) is 17.0. The first-order valence-corrected chi connectivity index (χ1v) is 5.37. The van der Waals surface area contributed by atoms with Gasteiger partial charge in [-0.05, 0) is 18.9 Å². The van der Waals surface area contributed by atoms with E-state index in [4.69, 9.17) is 0 Å². The van der Waals surface area contributed by atoms with Crippen LogP contribution in [-0.4, -0.2) is 34.2 Å². The Kier molecular flexibility index (Phi) is 3.31. The molecule has 1 fully saturated rings. The molecule has 86 valence electrons. The van der Waals surface area contributed by atoms with E-state index in [0.29, 0.717) is 0 Å². The van der Waals surface area contributed by atoms with Gasteiger partial charge in [0.2, 0.25) is 0 Å². The summed E-state index contributed by atoms with van der Waals surface area (Å²) in [5, 5.41) is 7.79. The van der Waals surface area contributed by atoms with Crippen LogP contribution in [0.4, 0.5) is 0 Å². The van der Waals surface area contributed by atoms with Crippen LogP contribution in [0.5, 0.6) is 0 Å². The number of nitrogens with zero attached hydrogens (tertiary/aromatic N) is 2. The Morgan fingerprint density at radius 3 is 2.69 bits per heavy atom. The highest BCUT2D eigenvalue weighted by molar-refractivity contribution is 5.91. The van der Waals surface area contributed by atoms with Crippen molar-refractivity contribution in [3.63, 3.8) is 0 Å². The highest BCUT2D eigenvalue weighted by Crippen LogP contribution is 2.06. The summed E-state index contributed by atoms with van der Waals surface area (Å²) in [6, 6.07) is 2.70. The SMILES string of the molecule is O=C(NN1CCCCC1)c1ccc(=O)[nH]n1. The lowest BCUT2D eigenvalue weighted by atomic mass is 10.2. The molecule has 2 rings (SSSR count).